The van der Waals surface area contributed by atoms with E-state index in [0.717, 1.165) is 36.4 Å². The number of carbonyl (C=O) groups excluding carboxylic acids is 1. The van der Waals surface area contributed by atoms with Crippen molar-refractivity contribution in [3.05, 3.63) is 34.4 Å². The van der Waals surface area contributed by atoms with Crippen molar-refractivity contribution < 1.29 is 14.3 Å². The summed E-state index contributed by atoms with van der Waals surface area (Å²) in [4.78, 5) is 11.6. The van der Waals surface area contributed by atoms with Crippen LogP contribution in [0.2, 0.25) is 0 Å². The molecule has 0 unspecified atom stereocenters. The van der Waals surface area contributed by atoms with Crippen molar-refractivity contribution in [2.45, 2.75) is 20.0 Å². The first-order valence-electron chi connectivity index (χ1n) is 6.15. The van der Waals surface area contributed by atoms with E-state index in [2.05, 4.69) is 5.32 Å². The highest BCUT2D eigenvalue weighted by Gasteiger charge is 2.20. The molecule has 0 radical (unpaired) electrons. The van der Waals surface area contributed by atoms with E-state index in [1.807, 2.05) is 26.0 Å². The molecule has 1 saturated heterocycles. The number of benzene rings is 1. The van der Waals surface area contributed by atoms with Crippen LogP contribution >= 0.6 is 0 Å². The predicted octanol–water partition coefficient (Wildman–Crippen LogP) is 1.75. The SMILES string of the molecule is COC(=O)c1cc(C)c([C@H]2CNCCO2)cc1C. The Kier molecular flexibility index (Phi) is 3.99. The van der Waals surface area contributed by atoms with Crippen LogP contribution in [0.25, 0.3) is 0 Å². The maximum atomic E-state index is 11.6. The number of rotatable bonds is 2. The number of methoxy groups -OCH3 is 1. The van der Waals surface area contributed by atoms with Gasteiger partial charge in [-0.15, -0.1) is 0 Å². The molecule has 0 aromatic heterocycles. The lowest BCUT2D eigenvalue weighted by molar-refractivity contribution is 0.0272. The van der Waals surface area contributed by atoms with E-state index in [0.29, 0.717) is 5.56 Å². The van der Waals surface area contributed by atoms with Gasteiger partial charge < -0.3 is 14.8 Å². The maximum absolute atomic E-state index is 11.6. The molecule has 2 rings (SSSR count). The lowest BCUT2D eigenvalue weighted by Crippen LogP contribution is -2.33. The number of nitrogens with one attached hydrogen (secondary N) is 1. The molecule has 1 aromatic carbocycles. The van der Waals surface area contributed by atoms with Gasteiger partial charge in [-0.05, 0) is 36.6 Å². The molecular weight excluding hydrogens is 230 g/mol. The number of aryl methyl sites for hydroxylation is 2. The Morgan fingerprint density at radius 2 is 2.17 bits per heavy atom. The number of hydrogen-bond donors (Lipinski definition) is 1. The molecule has 0 spiro atoms. The molecular formula is C14H19NO3. The third-order valence-corrected chi connectivity index (χ3v) is 3.29. The molecule has 1 heterocycles. The van der Waals surface area contributed by atoms with Crippen molar-refractivity contribution >= 4 is 5.97 Å². The fourth-order valence-electron chi connectivity index (χ4n) is 2.28. The van der Waals surface area contributed by atoms with Crippen molar-refractivity contribution in [3.63, 3.8) is 0 Å². The molecule has 0 aliphatic carbocycles. The summed E-state index contributed by atoms with van der Waals surface area (Å²) >= 11 is 0. The van der Waals surface area contributed by atoms with E-state index < -0.39 is 0 Å². The van der Waals surface area contributed by atoms with Crippen molar-refractivity contribution in [2.75, 3.05) is 26.8 Å². The summed E-state index contributed by atoms with van der Waals surface area (Å²) in [6.07, 6.45) is 0.0733. The van der Waals surface area contributed by atoms with Gasteiger partial charge in [-0.1, -0.05) is 6.07 Å². The van der Waals surface area contributed by atoms with Crippen LogP contribution in [0.1, 0.15) is 33.2 Å². The van der Waals surface area contributed by atoms with Crippen molar-refractivity contribution in [1.29, 1.82) is 0 Å². The van der Waals surface area contributed by atoms with Crippen LogP contribution in [0, 0.1) is 13.8 Å². The van der Waals surface area contributed by atoms with Crippen LogP contribution in [0.5, 0.6) is 0 Å². The summed E-state index contributed by atoms with van der Waals surface area (Å²) in [6.45, 7) is 6.36. The summed E-state index contributed by atoms with van der Waals surface area (Å²) in [6, 6.07) is 3.91. The summed E-state index contributed by atoms with van der Waals surface area (Å²) in [5.41, 5.74) is 3.76. The minimum absolute atomic E-state index is 0.0733. The quantitative estimate of drug-likeness (QED) is 0.811. The molecule has 4 heteroatoms. The Bertz CT molecular complexity index is 451. The van der Waals surface area contributed by atoms with Gasteiger partial charge in [0.05, 0.1) is 25.4 Å². The zero-order valence-corrected chi connectivity index (χ0v) is 11.1. The van der Waals surface area contributed by atoms with E-state index in [1.54, 1.807) is 0 Å². The molecule has 0 amide bonds. The van der Waals surface area contributed by atoms with E-state index in [4.69, 9.17) is 9.47 Å². The Morgan fingerprint density at radius 1 is 1.39 bits per heavy atom. The smallest absolute Gasteiger partial charge is 0.338 e. The summed E-state index contributed by atoms with van der Waals surface area (Å²) in [5, 5.41) is 3.31. The van der Waals surface area contributed by atoms with Crippen molar-refractivity contribution in [3.8, 4) is 0 Å². The minimum Gasteiger partial charge on any atom is -0.465 e. The van der Waals surface area contributed by atoms with Crippen LogP contribution in [-0.4, -0.2) is 32.8 Å². The molecule has 1 aliphatic rings. The first-order valence-corrected chi connectivity index (χ1v) is 6.15. The third kappa shape index (κ3) is 2.54. The second-order valence-electron chi connectivity index (χ2n) is 4.58. The zero-order chi connectivity index (χ0) is 13.1. The maximum Gasteiger partial charge on any atom is 0.338 e. The highest BCUT2D eigenvalue weighted by atomic mass is 16.5. The zero-order valence-electron chi connectivity index (χ0n) is 11.1. The molecule has 1 atom stereocenters. The number of carbonyl (C=O) groups is 1. The van der Waals surface area contributed by atoms with Crippen molar-refractivity contribution in [1.82, 2.24) is 5.32 Å². The first-order chi connectivity index (χ1) is 8.63. The number of hydrogen-bond acceptors (Lipinski definition) is 4. The summed E-state index contributed by atoms with van der Waals surface area (Å²) < 4.78 is 10.5. The lowest BCUT2D eigenvalue weighted by Gasteiger charge is -2.26. The molecule has 1 N–H and O–H groups in total. The highest BCUT2D eigenvalue weighted by molar-refractivity contribution is 5.91. The third-order valence-electron chi connectivity index (χ3n) is 3.29. The molecule has 1 aliphatic heterocycles. The Labute approximate surface area is 107 Å². The van der Waals surface area contributed by atoms with E-state index >= 15 is 0 Å². The van der Waals surface area contributed by atoms with E-state index in [9.17, 15) is 4.79 Å². The minimum atomic E-state index is -0.287. The topological polar surface area (TPSA) is 47.6 Å². The van der Waals surface area contributed by atoms with E-state index in [-0.39, 0.29) is 12.1 Å². The first kappa shape index (κ1) is 13.1. The van der Waals surface area contributed by atoms with Gasteiger partial charge in [-0.25, -0.2) is 4.79 Å². The molecule has 98 valence electrons. The molecule has 0 bridgehead atoms. The van der Waals surface area contributed by atoms with Crippen LogP contribution < -0.4 is 5.32 Å². The Hall–Kier alpha value is -1.39. The lowest BCUT2D eigenvalue weighted by atomic mass is 9.96. The van der Waals surface area contributed by atoms with Gasteiger partial charge in [0.15, 0.2) is 0 Å². The second-order valence-corrected chi connectivity index (χ2v) is 4.58. The summed E-state index contributed by atoms with van der Waals surface area (Å²) in [7, 11) is 1.40. The molecule has 0 saturated carbocycles. The highest BCUT2D eigenvalue weighted by Crippen LogP contribution is 2.25. The number of ether oxygens (including phenoxy) is 2. The summed E-state index contributed by atoms with van der Waals surface area (Å²) in [5.74, 6) is -0.287. The van der Waals surface area contributed by atoms with Gasteiger partial charge in [-0.2, -0.15) is 0 Å². The Balaban J connectivity index is 2.33. The number of morpholine rings is 1. The van der Waals surface area contributed by atoms with Crippen molar-refractivity contribution in [2.24, 2.45) is 0 Å². The van der Waals surface area contributed by atoms with Gasteiger partial charge in [0.1, 0.15) is 0 Å². The van der Waals surface area contributed by atoms with Gasteiger partial charge in [-0.3, -0.25) is 0 Å². The number of esters is 1. The molecule has 18 heavy (non-hydrogen) atoms. The van der Waals surface area contributed by atoms with Gasteiger partial charge in [0.25, 0.3) is 0 Å². The molecule has 1 fully saturated rings. The van der Waals surface area contributed by atoms with Crippen LogP contribution in [0.4, 0.5) is 0 Å². The second kappa shape index (κ2) is 5.50. The fourth-order valence-corrected chi connectivity index (χ4v) is 2.28. The van der Waals surface area contributed by atoms with Gasteiger partial charge in [0, 0.05) is 13.1 Å². The Morgan fingerprint density at radius 3 is 2.78 bits per heavy atom. The van der Waals surface area contributed by atoms with Crippen LogP contribution in [0.15, 0.2) is 12.1 Å². The fraction of sp³-hybridized carbons (Fsp3) is 0.500. The largest absolute Gasteiger partial charge is 0.465 e. The van der Waals surface area contributed by atoms with E-state index in [1.165, 1.54) is 7.11 Å². The average molecular weight is 249 g/mol. The van der Waals surface area contributed by atoms with Gasteiger partial charge >= 0.3 is 5.97 Å². The van der Waals surface area contributed by atoms with Crippen LogP contribution in [-0.2, 0) is 9.47 Å². The normalized spacial score (nSPS) is 19.6. The van der Waals surface area contributed by atoms with Gasteiger partial charge in [0.2, 0.25) is 0 Å². The monoisotopic (exact) mass is 249 g/mol. The predicted molar refractivity (Wildman–Crippen MR) is 68.8 cm³/mol. The van der Waals surface area contributed by atoms with Crippen LogP contribution in [0.3, 0.4) is 0 Å². The molecule has 4 nitrogen and oxygen atoms in total. The standard InChI is InChI=1S/C14H19NO3/c1-9-7-12(14(16)17-3)10(2)6-11(9)13-8-15-4-5-18-13/h6-7,13,15H,4-5,8H2,1-3H3/t13-/m1/s1. The molecule has 1 aromatic rings. The average Bonchev–Trinajstić information content (AvgIpc) is 2.41.